The number of ether oxygens (including phenoxy) is 1. The lowest BCUT2D eigenvalue weighted by Crippen LogP contribution is -2.38. The molecule has 2 amide bonds. The summed E-state index contributed by atoms with van der Waals surface area (Å²) < 4.78 is 5.36. The van der Waals surface area contributed by atoms with Crippen LogP contribution in [0, 0.1) is 0 Å². The molecule has 5 nitrogen and oxygen atoms in total. The van der Waals surface area contributed by atoms with Gasteiger partial charge in [-0.1, -0.05) is 37.5 Å². The minimum Gasteiger partial charge on any atom is -0.496 e. The highest BCUT2D eigenvalue weighted by atomic mass is 16.5. The Morgan fingerprint density at radius 2 is 1.69 bits per heavy atom. The third kappa shape index (κ3) is 5.15. The van der Waals surface area contributed by atoms with E-state index in [1.165, 1.54) is 19.3 Å². The Morgan fingerprint density at radius 3 is 2.42 bits per heavy atom. The molecule has 5 heteroatoms. The van der Waals surface area contributed by atoms with Gasteiger partial charge in [-0.25, -0.2) is 4.79 Å². The number of carbonyl (C=O) groups is 1. The van der Waals surface area contributed by atoms with Gasteiger partial charge in [-0.2, -0.15) is 0 Å². The number of anilines is 2. The zero-order chi connectivity index (χ0) is 18.2. The normalized spacial score (nSPS) is 14.5. The van der Waals surface area contributed by atoms with Gasteiger partial charge in [0.05, 0.1) is 7.11 Å². The summed E-state index contributed by atoms with van der Waals surface area (Å²) in [4.78, 5) is 12.1. The molecule has 0 saturated heterocycles. The van der Waals surface area contributed by atoms with Gasteiger partial charge in [0.25, 0.3) is 0 Å². The number of nitrogens with one attached hydrogen (secondary N) is 3. The van der Waals surface area contributed by atoms with Gasteiger partial charge in [0.15, 0.2) is 0 Å². The highest BCUT2D eigenvalue weighted by molar-refractivity contribution is 5.89. The molecule has 0 heterocycles. The molecule has 0 bridgehead atoms. The van der Waals surface area contributed by atoms with Crippen molar-refractivity contribution in [2.75, 3.05) is 17.7 Å². The molecule has 138 valence electrons. The maximum Gasteiger partial charge on any atom is 0.319 e. The van der Waals surface area contributed by atoms with E-state index in [0.29, 0.717) is 12.6 Å². The van der Waals surface area contributed by atoms with Crippen LogP contribution in [0.4, 0.5) is 16.2 Å². The predicted octanol–water partition coefficient (Wildman–Crippen LogP) is 4.76. The van der Waals surface area contributed by atoms with E-state index in [1.807, 2.05) is 48.5 Å². The average molecular weight is 353 g/mol. The van der Waals surface area contributed by atoms with Crippen LogP contribution >= 0.6 is 0 Å². The van der Waals surface area contributed by atoms with Gasteiger partial charge >= 0.3 is 6.03 Å². The molecule has 1 aliphatic carbocycles. The smallest absolute Gasteiger partial charge is 0.319 e. The van der Waals surface area contributed by atoms with Gasteiger partial charge in [0.2, 0.25) is 0 Å². The second-order valence-electron chi connectivity index (χ2n) is 6.68. The lowest BCUT2D eigenvalue weighted by molar-refractivity contribution is 0.244. The highest BCUT2D eigenvalue weighted by Gasteiger charge is 2.15. The van der Waals surface area contributed by atoms with E-state index in [4.69, 9.17) is 4.74 Å². The SMILES string of the molecule is COc1ccccc1CNc1ccc(NC(=O)NC2CCCCC2)cc1. The van der Waals surface area contributed by atoms with E-state index in [0.717, 1.165) is 35.5 Å². The largest absolute Gasteiger partial charge is 0.496 e. The second kappa shape index (κ2) is 9.13. The summed E-state index contributed by atoms with van der Waals surface area (Å²) in [5.41, 5.74) is 2.89. The van der Waals surface area contributed by atoms with Gasteiger partial charge < -0.3 is 20.7 Å². The monoisotopic (exact) mass is 353 g/mol. The molecule has 3 N–H and O–H groups in total. The molecule has 0 spiro atoms. The molecule has 1 aliphatic rings. The van der Waals surface area contributed by atoms with Crippen LogP contribution in [0.5, 0.6) is 5.75 Å². The Morgan fingerprint density at radius 1 is 1.00 bits per heavy atom. The summed E-state index contributed by atoms with van der Waals surface area (Å²) in [6.07, 6.45) is 5.86. The van der Waals surface area contributed by atoms with Crippen molar-refractivity contribution in [3.63, 3.8) is 0 Å². The first kappa shape index (κ1) is 18.1. The van der Waals surface area contributed by atoms with Gasteiger partial charge in [-0.05, 0) is 43.2 Å². The number of methoxy groups -OCH3 is 1. The number of hydrogen-bond acceptors (Lipinski definition) is 3. The first-order valence-corrected chi connectivity index (χ1v) is 9.28. The third-order valence-corrected chi connectivity index (χ3v) is 4.76. The number of para-hydroxylation sites is 1. The molecule has 2 aromatic carbocycles. The number of amides is 2. The van der Waals surface area contributed by atoms with Gasteiger partial charge in [0.1, 0.15) is 5.75 Å². The Bertz CT molecular complexity index is 709. The Labute approximate surface area is 155 Å². The van der Waals surface area contributed by atoms with Crippen molar-refractivity contribution in [3.05, 3.63) is 54.1 Å². The van der Waals surface area contributed by atoms with Gasteiger partial charge in [-0.15, -0.1) is 0 Å². The molecule has 0 unspecified atom stereocenters. The van der Waals surface area contributed by atoms with Crippen LogP contribution in [0.15, 0.2) is 48.5 Å². The predicted molar refractivity (Wildman–Crippen MR) is 106 cm³/mol. The number of rotatable bonds is 6. The Hall–Kier alpha value is -2.69. The van der Waals surface area contributed by atoms with Crippen molar-refractivity contribution in [3.8, 4) is 5.75 Å². The third-order valence-electron chi connectivity index (χ3n) is 4.76. The Kier molecular flexibility index (Phi) is 6.36. The highest BCUT2D eigenvalue weighted by Crippen LogP contribution is 2.20. The lowest BCUT2D eigenvalue weighted by Gasteiger charge is -2.22. The van der Waals surface area contributed by atoms with Crippen molar-refractivity contribution in [2.24, 2.45) is 0 Å². The average Bonchev–Trinajstić information content (AvgIpc) is 2.68. The maximum absolute atomic E-state index is 12.1. The number of benzene rings is 2. The fourth-order valence-corrected chi connectivity index (χ4v) is 3.32. The zero-order valence-corrected chi connectivity index (χ0v) is 15.3. The second-order valence-corrected chi connectivity index (χ2v) is 6.68. The van der Waals surface area contributed by atoms with Crippen LogP contribution < -0.4 is 20.7 Å². The van der Waals surface area contributed by atoms with Crippen LogP contribution in [-0.4, -0.2) is 19.2 Å². The van der Waals surface area contributed by atoms with E-state index < -0.39 is 0 Å². The van der Waals surface area contributed by atoms with E-state index in [9.17, 15) is 4.79 Å². The number of carbonyl (C=O) groups excluding carboxylic acids is 1. The standard InChI is InChI=1S/C21H27N3O2/c1-26-20-10-6-5-7-16(20)15-22-17-11-13-19(14-12-17)24-21(25)23-18-8-3-2-4-9-18/h5-7,10-14,18,22H,2-4,8-9,15H2,1H3,(H2,23,24,25). The maximum atomic E-state index is 12.1. The molecule has 0 atom stereocenters. The fraction of sp³-hybridized carbons (Fsp3) is 0.381. The van der Waals surface area contributed by atoms with Crippen LogP contribution in [0.3, 0.4) is 0 Å². The fourth-order valence-electron chi connectivity index (χ4n) is 3.32. The molecule has 0 radical (unpaired) electrons. The number of urea groups is 1. The van der Waals surface area contributed by atoms with Crippen molar-refractivity contribution in [2.45, 2.75) is 44.7 Å². The lowest BCUT2D eigenvalue weighted by atomic mass is 9.96. The van der Waals surface area contributed by atoms with E-state index in [-0.39, 0.29) is 6.03 Å². The summed E-state index contributed by atoms with van der Waals surface area (Å²) >= 11 is 0. The van der Waals surface area contributed by atoms with E-state index >= 15 is 0 Å². The molecule has 0 aromatic heterocycles. The molecule has 3 rings (SSSR count). The molecule has 2 aromatic rings. The first-order valence-electron chi connectivity index (χ1n) is 9.28. The molecular weight excluding hydrogens is 326 g/mol. The molecular formula is C21H27N3O2. The first-order chi connectivity index (χ1) is 12.7. The van der Waals surface area contributed by atoms with Crippen LogP contribution in [0.25, 0.3) is 0 Å². The summed E-state index contributed by atoms with van der Waals surface area (Å²) in [7, 11) is 1.68. The quantitative estimate of drug-likeness (QED) is 0.701. The van der Waals surface area contributed by atoms with E-state index in [1.54, 1.807) is 7.11 Å². The molecule has 26 heavy (non-hydrogen) atoms. The topological polar surface area (TPSA) is 62.4 Å². The summed E-state index contributed by atoms with van der Waals surface area (Å²) in [6.45, 7) is 0.680. The van der Waals surface area contributed by atoms with E-state index in [2.05, 4.69) is 16.0 Å². The summed E-state index contributed by atoms with van der Waals surface area (Å²) in [6, 6.07) is 15.9. The minimum atomic E-state index is -0.119. The summed E-state index contributed by atoms with van der Waals surface area (Å²) in [5.74, 6) is 0.873. The summed E-state index contributed by atoms with van der Waals surface area (Å²) in [5, 5.41) is 9.35. The van der Waals surface area contributed by atoms with Crippen molar-refractivity contribution < 1.29 is 9.53 Å². The van der Waals surface area contributed by atoms with Gasteiger partial charge in [-0.3, -0.25) is 0 Å². The van der Waals surface area contributed by atoms with Crippen LogP contribution in [-0.2, 0) is 6.54 Å². The molecule has 0 aliphatic heterocycles. The molecule has 1 saturated carbocycles. The molecule has 1 fully saturated rings. The van der Waals surface area contributed by atoms with Gasteiger partial charge in [0, 0.05) is 29.5 Å². The van der Waals surface area contributed by atoms with Crippen molar-refractivity contribution >= 4 is 17.4 Å². The number of hydrogen-bond donors (Lipinski definition) is 3. The Balaban J connectivity index is 1.49. The van der Waals surface area contributed by atoms with Crippen LogP contribution in [0.2, 0.25) is 0 Å². The van der Waals surface area contributed by atoms with Crippen LogP contribution in [0.1, 0.15) is 37.7 Å². The minimum absolute atomic E-state index is 0.119. The zero-order valence-electron chi connectivity index (χ0n) is 15.3. The van der Waals surface area contributed by atoms with Crippen molar-refractivity contribution in [1.29, 1.82) is 0 Å². The van der Waals surface area contributed by atoms with Crippen molar-refractivity contribution in [1.82, 2.24) is 5.32 Å².